The molecule has 1 aromatic rings. The number of rotatable bonds is 9. The van der Waals surface area contributed by atoms with E-state index in [2.05, 4.69) is 6.58 Å². The molecule has 0 unspecified atom stereocenters. The molecule has 1 heterocycles. The van der Waals surface area contributed by atoms with Crippen molar-refractivity contribution in [3.8, 4) is 5.75 Å². The summed E-state index contributed by atoms with van der Waals surface area (Å²) in [5.74, 6) is 1.05. The van der Waals surface area contributed by atoms with Crippen molar-refractivity contribution in [2.24, 2.45) is 0 Å². The van der Waals surface area contributed by atoms with Gasteiger partial charge in [-0.25, -0.2) is 0 Å². The Balaban J connectivity index is 1.59. The summed E-state index contributed by atoms with van der Waals surface area (Å²) in [6, 6.07) is 7.85. The second kappa shape index (κ2) is 8.71. The Hall–Kier alpha value is -1.65. The van der Waals surface area contributed by atoms with E-state index in [1.54, 1.807) is 13.2 Å². The van der Waals surface area contributed by atoms with Crippen LogP contribution in [0, 0.1) is 0 Å². The molecule has 0 aromatic heterocycles. The molecule has 1 aliphatic heterocycles. The van der Waals surface area contributed by atoms with Crippen LogP contribution in [0.1, 0.15) is 31.2 Å². The summed E-state index contributed by atoms with van der Waals surface area (Å²) in [6.45, 7) is 4.91. The number of ketones is 1. The Morgan fingerprint density at radius 3 is 2.82 bits per heavy atom. The molecular weight excluding hydrogens is 280 g/mol. The third kappa shape index (κ3) is 4.97. The Morgan fingerprint density at radius 2 is 2.14 bits per heavy atom. The van der Waals surface area contributed by atoms with Crippen molar-refractivity contribution in [3.63, 3.8) is 0 Å². The fourth-order valence-corrected chi connectivity index (χ4v) is 2.55. The van der Waals surface area contributed by atoms with Gasteiger partial charge in [0.05, 0.1) is 19.8 Å². The molecule has 1 aliphatic rings. The fraction of sp³-hybridized carbons (Fsp3) is 0.500. The normalized spacial score (nSPS) is 21.0. The molecule has 1 aromatic carbocycles. The number of benzene rings is 1. The highest BCUT2D eigenvalue weighted by molar-refractivity contribution is 5.85. The number of hydrogen-bond donors (Lipinski definition) is 0. The largest absolute Gasteiger partial charge is 0.497 e. The maximum atomic E-state index is 11.7. The number of methoxy groups -OCH3 is 1. The molecule has 22 heavy (non-hydrogen) atoms. The second-order valence-electron chi connectivity index (χ2n) is 5.48. The van der Waals surface area contributed by atoms with Crippen molar-refractivity contribution >= 4 is 5.78 Å². The van der Waals surface area contributed by atoms with E-state index in [9.17, 15) is 4.79 Å². The van der Waals surface area contributed by atoms with E-state index in [0.717, 1.165) is 24.2 Å². The van der Waals surface area contributed by atoms with Crippen molar-refractivity contribution in [2.45, 2.75) is 44.5 Å². The molecule has 1 fully saturated rings. The highest BCUT2D eigenvalue weighted by Gasteiger charge is 2.31. The molecule has 2 rings (SSSR count). The van der Waals surface area contributed by atoms with Gasteiger partial charge in [-0.1, -0.05) is 18.2 Å². The lowest BCUT2D eigenvalue weighted by Crippen LogP contribution is -2.14. The Morgan fingerprint density at radius 1 is 1.36 bits per heavy atom. The highest BCUT2D eigenvalue weighted by atomic mass is 16.5. The van der Waals surface area contributed by atoms with Gasteiger partial charge in [-0.15, -0.1) is 6.58 Å². The molecule has 0 radical (unpaired) electrons. The summed E-state index contributed by atoms with van der Waals surface area (Å²) in [4.78, 5) is 11.7. The minimum atomic E-state index is -0.275. The van der Waals surface area contributed by atoms with Crippen LogP contribution in [0.15, 0.2) is 36.9 Å². The highest BCUT2D eigenvalue weighted by Crippen LogP contribution is 2.22. The van der Waals surface area contributed by atoms with Crippen molar-refractivity contribution in [1.82, 2.24) is 0 Å². The zero-order valence-electron chi connectivity index (χ0n) is 13.1. The zero-order chi connectivity index (χ0) is 15.8. The molecule has 0 bridgehead atoms. The van der Waals surface area contributed by atoms with Crippen LogP contribution in [-0.4, -0.2) is 31.7 Å². The average Bonchev–Trinajstić information content (AvgIpc) is 2.88. The van der Waals surface area contributed by atoms with Gasteiger partial charge in [0, 0.05) is 13.0 Å². The quantitative estimate of drug-likeness (QED) is 0.519. The van der Waals surface area contributed by atoms with Crippen LogP contribution >= 0.6 is 0 Å². The minimum absolute atomic E-state index is 0.0436. The van der Waals surface area contributed by atoms with Crippen LogP contribution in [0.4, 0.5) is 0 Å². The first-order valence-corrected chi connectivity index (χ1v) is 7.72. The van der Waals surface area contributed by atoms with Crippen molar-refractivity contribution in [2.75, 3.05) is 13.7 Å². The smallest absolute Gasteiger partial charge is 0.164 e. The summed E-state index contributed by atoms with van der Waals surface area (Å²) in [6.07, 6.45) is 4.41. The van der Waals surface area contributed by atoms with Crippen LogP contribution < -0.4 is 4.74 Å². The third-order valence-electron chi connectivity index (χ3n) is 3.77. The van der Waals surface area contributed by atoms with Crippen molar-refractivity contribution < 1.29 is 19.0 Å². The van der Waals surface area contributed by atoms with Crippen LogP contribution in [0.25, 0.3) is 0 Å². The van der Waals surface area contributed by atoms with Crippen LogP contribution in [0.2, 0.25) is 0 Å². The molecule has 0 aliphatic carbocycles. The second-order valence-corrected chi connectivity index (χ2v) is 5.48. The maximum absolute atomic E-state index is 11.7. The van der Waals surface area contributed by atoms with Crippen molar-refractivity contribution in [3.05, 3.63) is 42.5 Å². The number of hydrogen-bond acceptors (Lipinski definition) is 4. The van der Waals surface area contributed by atoms with E-state index in [0.29, 0.717) is 26.1 Å². The molecule has 4 nitrogen and oxygen atoms in total. The molecule has 0 spiro atoms. The van der Waals surface area contributed by atoms with Gasteiger partial charge in [0.15, 0.2) is 5.78 Å². The SMILES string of the molecule is C=CC[C@@H]1O[C@@H](CCCOCc2ccc(OC)cc2)CC1=O. The van der Waals surface area contributed by atoms with Gasteiger partial charge in [0.1, 0.15) is 11.9 Å². The average molecular weight is 304 g/mol. The first-order chi connectivity index (χ1) is 10.7. The predicted molar refractivity (Wildman–Crippen MR) is 85.0 cm³/mol. The molecule has 0 N–H and O–H groups in total. The summed E-state index contributed by atoms with van der Waals surface area (Å²) >= 11 is 0. The van der Waals surface area contributed by atoms with Gasteiger partial charge in [-0.2, -0.15) is 0 Å². The van der Waals surface area contributed by atoms with Gasteiger partial charge in [-0.05, 0) is 37.0 Å². The minimum Gasteiger partial charge on any atom is -0.497 e. The van der Waals surface area contributed by atoms with E-state index in [1.807, 2.05) is 24.3 Å². The van der Waals surface area contributed by atoms with E-state index in [4.69, 9.17) is 14.2 Å². The lowest BCUT2D eigenvalue weighted by atomic mass is 10.1. The number of carbonyl (C=O) groups is 1. The predicted octanol–water partition coefficient (Wildman–Crippen LogP) is 3.29. The molecule has 0 amide bonds. The Kier molecular flexibility index (Phi) is 6.62. The first kappa shape index (κ1) is 16.7. The van der Waals surface area contributed by atoms with Gasteiger partial charge < -0.3 is 14.2 Å². The van der Waals surface area contributed by atoms with Gasteiger partial charge in [0.2, 0.25) is 0 Å². The van der Waals surface area contributed by atoms with E-state index in [-0.39, 0.29) is 18.0 Å². The lowest BCUT2D eigenvalue weighted by molar-refractivity contribution is -0.122. The lowest BCUT2D eigenvalue weighted by Gasteiger charge is -2.11. The number of carbonyl (C=O) groups excluding carboxylic acids is 1. The van der Waals surface area contributed by atoms with E-state index < -0.39 is 0 Å². The number of Topliss-reactive ketones (excluding diaryl/α,β-unsaturated/α-hetero) is 1. The molecule has 2 atom stereocenters. The van der Waals surface area contributed by atoms with Gasteiger partial charge in [-0.3, -0.25) is 4.79 Å². The van der Waals surface area contributed by atoms with Crippen molar-refractivity contribution in [1.29, 1.82) is 0 Å². The molecule has 0 saturated carbocycles. The summed E-state index contributed by atoms with van der Waals surface area (Å²) in [7, 11) is 1.65. The molecule has 120 valence electrons. The van der Waals surface area contributed by atoms with Crippen LogP contribution in [0.5, 0.6) is 5.75 Å². The zero-order valence-corrected chi connectivity index (χ0v) is 13.1. The number of ether oxygens (including phenoxy) is 3. The summed E-state index contributed by atoms with van der Waals surface area (Å²) in [5.41, 5.74) is 1.12. The molecule has 4 heteroatoms. The first-order valence-electron chi connectivity index (χ1n) is 7.72. The molecule has 1 saturated heterocycles. The van der Waals surface area contributed by atoms with Gasteiger partial charge >= 0.3 is 0 Å². The molecular formula is C18H24O4. The maximum Gasteiger partial charge on any atom is 0.164 e. The van der Waals surface area contributed by atoms with Crippen LogP contribution in [0.3, 0.4) is 0 Å². The Labute approximate surface area is 132 Å². The van der Waals surface area contributed by atoms with Gasteiger partial charge in [0.25, 0.3) is 0 Å². The summed E-state index contributed by atoms with van der Waals surface area (Å²) < 4.78 is 16.5. The van der Waals surface area contributed by atoms with Crippen LogP contribution in [-0.2, 0) is 20.9 Å². The summed E-state index contributed by atoms with van der Waals surface area (Å²) in [5, 5.41) is 0. The third-order valence-corrected chi connectivity index (χ3v) is 3.77. The van der Waals surface area contributed by atoms with E-state index in [1.165, 1.54) is 0 Å². The monoisotopic (exact) mass is 304 g/mol. The standard InChI is InChI=1S/C18H24O4/c1-3-5-18-17(19)12-16(22-18)6-4-11-21-13-14-7-9-15(20-2)10-8-14/h3,7-10,16,18H,1,4-6,11-13H2,2H3/t16-,18-/m0/s1. The topological polar surface area (TPSA) is 44.8 Å². The van der Waals surface area contributed by atoms with E-state index >= 15 is 0 Å². The fourth-order valence-electron chi connectivity index (χ4n) is 2.55. The Bertz CT molecular complexity index is 480.